The van der Waals surface area contributed by atoms with Crippen LogP contribution in [0.5, 0.6) is 0 Å². The van der Waals surface area contributed by atoms with Crippen LogP contribution in [0.3, 0.4) is 0 Å². The van der Waals surface area contributed by atoms with Crippen LogP contribution in [-0.2, 0) is 24.3 Å². The Kier molecular flexibility index (Phi) is 6.81. The minimum Gasteiger partial charge on any atom is -0.372 e. The summed E-state index contributed by atoms with van der Waals surface area (Å²) in [5.74, 6) is 0.585. The summed E-state index contributed by atoms with van der Waals surface area (Å²) in [6.45, 7) is 8.93. The third kappa shape index (κ3) is 4.58. The van der Waals surface area contributed by atoms with Gasteiger partial charge >= 0.3 is 0 Å². The average molecular weight is 519 g/mol. The zero-order valence-electron chi connectivity index (χ0n) is 17.4. The van der Waals surface area contributed by atoms with Gasteiger partial charge in [-0.25, -0.2) is 4.98 Å². The number of hydrogen-bond donors (Lipinski definition) is 0. The van der Waals surface area contributed by atoms with E-state index in [9.17, 15) is 9.59 Å². The van der Waals surface area contributed by atoms with Crippen LogP contribution in [0.25, 0.3) is 10.2 Å². The maximum Gasteiger partial charge on any atom is 0.263 e. The molecule has 8 heteroatoms. The smallest absolute Gasteiger partial charge is 0.263 e. The van der Waals surface area contributed by atoms with Crippen molar-refractivity contribution in [3.05, 3.63) is 67.8 Å². The predicted molar refractivity (Wildman–Crippen MR) is 130 cm³/mol. The van der Waals surface area contributed by atoms with Crippen molar-refractivity contribution < 1.29 is 9.53 Å². The first-order valence-corrected chi connectivity index (χ1v) is 12.7. The van der Waals surface area contributed by atoms with Crippen molar-refractivity contribution in [3.63, 3.8) is 0 Å². The number of thiophene rings is 1. The van der Waals surface area contributed by atoms with Crippen LogP contribution in [0.2, 0.25) is 0 Å². The topological polar surface area (TPSA) is 61.2 Å². The van der Waals surface area contributed by atoms with E-state index in [1.54, 1.807) is 22.8 Å². The first-order chi connectivity index (χ1) is 14.9. The number of halogens is 1. The van der Waals surface area contributed by atoms with E-state index in [1.807, 2.05) is 12.1 Å². The van der Waals surface area contributed by atoms with Gasteiger partial charge in [-0.1, -0.05) is 59.7 Å². The standard InChI is InChI=1S/C23H23BrN2O3S2/c1-4-9-26-22(28)20-16-10-18(13(2)3)29-11-19(16)31-21(20)25-23(26)30-12-17(27)14-5-7-15(24)8-6-14/h4-8,13,18H,1,9-12H2,2-3H3/t18-/m0/s1. The second-order valence-corrected chi connectivity index (χ2v) is 10.7. The molecule has 0 radical (unpaired) electrons. The molecule has 0 saturated heterocycles. The summed E-state index contributed by atoms with van der Waals surface area (Å²) in [5.41, 5.74) is 1.64. The van der Waals surface area contributed by atoms with Crippen molar-refractivity contribution in [1.29, 1.82) is 0 Å². The molecule has 0 aliphatic carbocycles. The Morgan fingerprint density at radius 2 is 2.16 bits per heavy atom. The second-order valence-electron chi connectivity index (χ2n) is 7.80. The van der Waals surface area contributed by atoms with E-state index in [-0.39, 0.29) is 23.2 Å². The zero-order valence-corrected chi connectivity index (χ0v) is 20.6. The summed E-state index contributed by atoms with van der Waals surface area (Å²) in [5, 5.41) is 1.24. The number of ketones is 1. The number of carbonyl (C=O) groups is 1. The molecular formula is C23H23BrN2O3S2. The Bertz CT molecular complexity index is 1200. The molecule has 0 fully saturated rings. The Labute approximate surface area is 197 Å². The number of benzene rings is 1. The highest BCUT2D eigenvalue weighted by Crippen LogP contribution is 2.36. The molecule has 1 atom stereocenters. The van der Waals surface area contributed by atoms with E-state index in [0.717, 1.165) is 26.2 Å². The molecule has 4 rings (SSSR count). The van der Waals surface area contributed by atoms with Crippen LogP contribution in [0, 0.1) is 5.92 Å². The van der Waals surface area contributed by atoms with Crippen LogP contribution in [0.15, 0.2) is 51.3 Å². The zero-order chi connectivity index (χ0) is 22.1. The molecule has 2 aromatic heterocycles. The summed E-state index contributed by atoms with van der Waals surface area (Å²) in [7, 11) is 0. The number of Topliss-reactive ketones (excluding diaryl/α,β-unsaturated/α-hetero) is 1. The number of hydrogen-bond acceptors (Lipinski definition) is 6. The molecule has 0 amide bonds. The van der Waals surface area contributed by atoms with Gasteiger partial charge in [-0.2, -0.15) is 0 Å². The van der Waals surface area contributed by atoms with E-state index in [0.29, 0.717) is 35.2 Å². The van der Waals surface area contributed by atoms with E-state index < -0.39 is 0 Å². The number of aromatic nitrogens is 2. The van der Waals surface area contributed by atoms with Crippen LogP contribution < -0.4 is 5.56 Å². The normalized spacial score (nSPS) is 15.9. The van der Waals surface area contributed by atoms with Crippen LogP contribution in [0.1, 0.15) is 34.6 Å². The number of fused-ring (bicyclic) bond motifs is 3. The van der Waals surface area contributed by atoms with E-state index >= 15 is 0 Å². The number of thioether (sulfide) groups is 1. The van der Waals surface area contributed by atoms with Gasteiger partial charge in [0, 0.05) is 27.9 Å². The maximum atomic E-state index is 13.4. The van der Waals surface area contributed by atoms with E-state index in [4.69, 9.17) is 9.72 Å². The highest BCUT2D eigenvalue weighted by Gasteiger charge is 2.28. The fourth-order valence-electron chi connectivity index (χ4n) is 3.62. The molecule has 0 N–H and O–H groups in total. The number of rotatable bonds is 7. The average Bonchev–Trinajstić information content (AvgIpc) is 3.12. The Hall–Kier alpha value is -1.74. The molecule has 0 bridgehead atoms. The quantitative estimate of drug-likeness (QED) is 0.179. The van der Waals surface area contributed by atoms with Gasteiger partial charge in [-0.3, -0.25) is 14.2 Å². The number of nitrogens with zero attached hydrogens (tertiary/aromatic N) is 2. The molecule has 162 valence electrons. The Morgan fingerprint density at radius 1 is 1.42 bits per heavy atom. The van der Waals surface area contributed by atoms with Crippen molar-refractivity contribution in [2.45, 2.75) is 44.7 Å². The van der Waals surface area contributed by atoms with Crippen LogP contribution in [0.4, 0.5) is 0 Å². The Morgan fingerprint density at radius 3 is 2.84 bits per heavy atom. The molecule has 1 aliphatic rings. The number of allylic oxidation sites excluding steroid dienone is 1. The van der Waals surface area contributed by atoms with Gasteiger partial charge in [-0.05, 0) is 23.6 Å². The third-order valence-corrected chi connectivity index (χ3v) is 7.95. The number of ether oxygens (including phenoxy) is 1. The highest BCUT2D eigenvalue weighted by atomic mass is 79.9. The van der Waals surface area contributed by atoms with Gasteiger partial charge in [0.2, 0.25) is 0 Å². The molecule has 1 aliphatic heterocycles. The van der Waals surface area contributed by atoms with Crippen molar-refractivity contribution >= 4 is 55.0 Å². The summed E-state index contributed by atoms with van der Waals surface area (Å²) in [6.07, 6.45) is 2.52. The molecule has 5 nitrogen and oxygen atoms in total. The highest BCUT2D eigenvalue weighted by molar-refractivity contribution is 9.10. The lowest BCUT2D eigenvalue weighted by atomic mass is 9.96. The number of carbonyl (C=O) groups excluding carboxylic acids is 1. The summed E-state index contributed by atoms with van der Waals surface area (Å²) in [4.78, 5) is 32.7. The van der Waals surface area contributed by atoms with Gasteiger partial charge in [0.15, 0.2) is 10.9 Å². The van der Waals surface area contributed by atoms with Crippen LogP contribution >= 0.6 is 39.0 Å². The minimum absolute atomic E-state index is 0.00403. The summed E-state index contributed by atoms with van der Waals surface area (Å²) < 4.78 is 8.54. The maximum absolute atomic E-state index is 13.4. The van der Waals surface area contributed by atoms with E-state index in [2.05, 4.69) is 36.4 Å². The predicted octanol–water partition coefficient (Wildman–Crippen LogP) is 5.48. The fourth-order valence-corrected chi connectivity index (χ4v) is 5.95. The largest absolute Gasteiger partial charge is 0.372 e. The van der Waals surface area contributed by atoms with Crippen molar-refractivity contribution in [3.8, 4) is 0 Å². The first-order valence-electron chi connectivity index (χ1n) is 10.1. The van der Waals surface area contributed by atoms with Crippen molar-refractivity contribution in [2.75, 3.05) is 5.75 Å². The SMILES string of the molecule is C=CCn1c(SCC(=O)c2ccc(Br)cc2)nc2sc3c(c2c1=O)C[C@@H](C(C)C)OC3. The molecule has 3 aromatic rings. The van der Waals surface area contributed by atoms with Crippen molar-refractivity contribution in [2.24, 2.45) is 5.92 Å². The second kappa shape index (κ2) is 9.40. The molecule has 0 unspecified atom stereocenters. The van der Waals surface area contributed by atoms with Gasteiger partial charge in [-0.15, -0.1) is 17.9 Å². The van der Waals surface area contributed by atoms with Gasteiger partial charge in [0.05, 0.1) is 23.8 Å². The Balaban J connectivity index is 1.68. The molecular weight excluding hydrogens is 496 g/mol. The van der Waals surface area contributed by atoms with Gasteiger partial charge < -0.3 is 4.74 Å². The molecule has 3 heterocycles. The van der Waals surface area contributed by atoms with Crippen LogP contribution in [-0.4, -0.2) is 27.2 Å². The fraction of sp³-hybridized carbons (Fsp3) is 0.348. The first kappa shape index (κ1) is 22.5. The molecule has 1 aromatic carbocycles. The summed E-state index contributed by atoms with van der Waals surface area (Å²) >= 11 is 6.20. The lowest BCUT2D eigenvalue weighted by molar-refractivity contribution is 0.00200. The minimum atomic E-state index is -0.0644. The summed E-state index contributed by atoms with van der Waals surface area (Å²) in [6, 6.07) is 7.27. The lowest BCUT2D eigenvalue weighted by Crippen LogP contribution is -2.28. The van der Waals surface area contributed by atoms with Gasteiger partial charge in [0.1, 0.15) is 4.83 Å². The molecule has 0 spiro atoms. The molecule has 0 saturated carbocycles. The monoisotopic (exact) mass is 518 g/mol. The van der Waals surface area contributed by atoms with Gasteiger partial charge in [0.25, 0.3) is 5.56 Å². The third-order valence-electron chi connectivity index (χ3n) is 5.35. The van der Waals surface area contributed by atoms with E-state index in [1.165, 1.54) is 23.1 Å². The van der Waals surface area contributed by atoms with Crippen molar-refractivity contribution in [1.82, 2.24) is 9.55 Å². The lowest BCUT2D eigenvalue weighted by Gasteiger charge is -2.26. The molecule has 31 heavy (non-hydrogen) atoms.